The minimum absolute atomic E-state index is 0.0221. The van der Waals surface area contributed by atoms with Crippen LogP contribution < -0.4 is 15.0 Å². The number of carbonyl (C=O) groups excluding carboxylic acids is 1. The molecule has 3 saturated heterocycles. The van der Waals surface area contributed by atoms with Crippen LogP contribution in [0.4, 0.5) is 19.4 Å². The van der Waals surface area contributed by atoms with E-state index in [1.807, 2.05) is 35.2 Å². The van der Waals surface area contributed by atoms with Crippen molar-refractivity contribution < 1.29 is 27.8 Å². The van der Waals surface area contributed by atoms with E-state index in [0.717, 1.165) is 24.8 Å². The van der Waals surface area contributed by atoms with Gasteiger partial charge < -0.3 is 24.4 Å². The predicted molar refractivity (Wildman–Crippen MR) is 183 cm³/mol. The molecular formula is C37H40F2N6O4. The van der Waals surface area contributed by atoms with Crippen molar-refractivity contribution in [2.45, 2.75) is 63.4 Å². The van der Waals surface area contributed by atoms with Gasteiger partial charge >= 0.3 is 12.1 Å². The molecule has 5 heterocycles. The van der Waals surface area contributed by atoms with Gasteiger partial charge in [-0.05, 0) is 51.6 Å². The highest BCUT2D eigenvalue weighted by Crippen LogP contribution is 2.41. The number of nitrogens with one attached hydrogen (secondary N) is 1. The minimum Gasteiger partial charge on any atom is -0.461 e. The molecule has 49 heavy (non-hydrogen) atoms. The van der Waals surface area contributed by atoms with Gasteiger partial charge in [-0.1, -0.05) is 36.3 Å². The van der Waals surface area contributed by atoms with E-state index in [1.54, 1.807) is 33.0 Å². The lowest BCUT2D eigenvalue weighted by Gasteiger charge is -2.31. The fourth-order valence-corrected chi connectivity index (χ4v) is 7.39. The molecular weight excluding hydrogens is 630 g/mol. The fraction of sp³-hybridized carbons (Fsp3) is 0.459. The molecule has 0 bridgehead atoms. The van der Waals surface area contributed by atoms with E-state index in [9.17, 15) is 9.18 Å². The molecule has 0 saturated carbocycles. The number of carbonyl (C=O) groups is 1. The number of aromatic nitrogens is 3. The second-order valence-corrected chi connectivity index (χ2v) is 14.1. The van der Waals surface area contributed by atoms with Gasteiger partial charge in [0.1, 0.15) is 35.4 Å². The van der Waals surface area contributed by atoms with Crippen LogP contribution in [0.1, 0.15) is 45.6 Å². The number of halogens is 2. The summed E-state index contributed by atoms with van der Waals surface area (Å²) in [7, 11) is 0. The van der Waals surface area contributed by atoms with Crippen molar-refractivity contribution in [3.63, 3.8) is 0 Å². The standard InChI is InChI=1S/C37H40F2N6O4/c1-5-23-9-6-10-24-11-7-12-27(29(23)24)31-30(39)32-28(18-40-31)33(44-15-16-47-21-26(20-44)41-35(46)49-36(2,3)4)43-34(42-32)48-22-37-13-8-14-45(37)19-25(38)17-37/h1,6-7,9-12,18,25-26H,8,13-17,19-22H2,2-4H3,(H,41,46)/t25-,26+,37+/m1/s1. The molecule has 3 aliphatic heterocycles. The summed E-state index contributed by atoms with van der Waals surface area (Å²) in [5.74, 6) is 2.45. The lowest BCUT2D eigenvalue weighted by Crippen LogP contribution is -2.46. The third kappa shape index (κ3) is 6.57. The van der Waals surface area contributed by atoms with Crippen LogP contribution in [-0.4, -0.2) is 95.3 Å². The van der Waals surface area contributed by atoms with Crippen LogP contribution >= 0.6 is 0 Å². The number of hydrogen-bond donors (Lipinski definition) is 1. The van der Waals surface area contributed by atoms with E-state index < -0.39 is 35.3 Å². The van der Waals surface area contributed by atoms with Gasteiger partial charge in [0.2, 0.25) is 0 Å². The molecule has 3 aliphatic rings. The average molecular weight is 671 g/mol. The molecule has 3 fully saturated rings. The Bertz CT molecular complexity index is 1940. The van der Waals surface area contributed by atoms with Crippen molar-refractivity contribution >= 4 is 33.6 Å². The first-order valence-electron chi connectivity index (χ1n) is 16.7. The number of benzene rings is 2. The number of alkyl carbamates (subject to hydrolysis) is 1. The topological polar surface area (TPSA) is 102 Å². The number of ether oxygens (including phenoxy) is 3. The van der Waals surface area contributed by atoms with Gasteiger partial charge in [-0.3, -0.25) is 9.88 Å². The first-order valence-corrected chi connectivity index (χ1v) is 16.7. The van der Waals surface area contributed by atoms with Crippen molar-refractivity contribution in [2.24, 2.45) is 0 Å². The molecule has 0 radical (unpaired) electrons. The summed E-state index contributed by atoms with van der Waals surface area (Å²) < 4.78 is 49.0. The summed E-state index contributed by atoms with van der Waals surface area (Å²) in [4.78, 5) is 30.8. The molecule has 1 N–H and O–H groups in total. The van der Waals surface area contributed by atoms with Crippen molar-refractivity contribution in [3.05, 3.63) is 54.0 Å². The van der Waals surface area contributed by atoms with Gasteiger partial charge in [-0.25, -0.2) is 13.6 Å². The number of anilines is 1. The summed E-state index contributed by atoms with van der Waals surface area (Å²) in [5, 5.41) is 4.83. The van der Waals surface area contributed by atoms with E-state index in [0.29, 0.717) is 60.4 Å². The lowest BCUT2D eigenvalue weighted by molar-refractivity contribution is 0.0466. The number of amides is 1. The fourth-order valence-electron chi connectivity index (χ4n) is 7.39. The molecule has 12 heteroatoms. The molecule has 256 valence electrons. The Balaban J connectivity index is 1.30. The van der Waals surface area contributed by atoms with Crippen molar-refractivity contribution in [2.75, 3.05) is 50.9 Å². The van der Waals surface area contributed by atoms with E-state index in [-0.39, 0.29) is 30.4 Å². The Morgan fingerprint density at radius 3 is 2.80 bits per heavy atom. The third-order valence-electron chi connectivity index (χ3n) is 9.48. The normalized spacial score (nSPS) is 22.9. The molecule has 0 unspecified atom stereocenters. The van der Waals surface area contributed by atoms with Crippen molar-refractivity contribution in [1.82, 2.24) is 25.2 Å². The van der Waals surface area contributed by atoms with Crippen LogP contribution in [0, 0.1) is 18.2 Å². The predicted octanol–water partition coefficient (Wildman–Crippen LogP) is 5.65. The highest BCUT2D eigenvalue weighted by molar-refractivity contribution is 6.02. The van der Waals surface area contributed by atoms with Crippen LogP contribution in [-0.2, 0) is 9.47 Å². The lowest BCUT2D eigenvalue weighted by atomic mass is 9.95. The highest BCUT2D eigenvalue weighted by atomic mass is 19.1. The zero-order valence-electron chi connectivity index (χ0n) is 28.0. The number of rotatable bonds is 6. The Morgan fingerprint density at radius 1 is 1.18 bits per heavy atom. The second-order valence-electron chi connectivity index (χ2n) is 14.1. The molecule has 2 aromatic carbocycles. The number of alkyl halides is 1. The van der Waals surface area contributed by atoms with E-state index in [2.05, 4.69) is 26.1 Å². The molecule has 10 nitrogen and oxygen atoms in total. The first kappa shape index (κ1) is 32.9. The van der Waals surface area contributed by atoms with Gasteiger partial charge in [0.15, 0.2) is 5.82 Å². The van der Waals surface area contributed by atoms with Gasteiger partial charge in [0.25, 0.3) is 0 Å². The largest absolute Gasteiger partial charge is 0.461 e. The Hall–Kier alpha value is -4.60. The zero-order chi connectivity index (χ0) is 34.3. The van der Waals surface area contributed by atoms with E-state index in [4.69, 9.17) is 25.6 Å². The summed E-state index contributed by atoms with van der Waals surface area (Å²) in [6.07, 6.45) is 8.04. The number of terminal acetylenes is 1. The summed E-state index contributed by atoms with van der Waals surface area (Å²) in [5.41, 5.74) is 0.158. The SMILES string of the molecule is C#Cc1cccc2cccc(-c3ncc4c(N5CCOC[C@@H](NC(=O)OC(C)(C)C)C5)nc(OC[C@@]56CCCN5C[C@H](F)C6)nc4c3F)c12. The molecule has 3 atom stereocenters. The number of nitrogens with zero attached hydrogens (tertiary/aromatic N) is 5. The maximum atomic E-state index is 16.9. The summed E-state index contributed by atoms with van der Waals surface area (Å²) in [6, 6.07) is 10.7. The quantitative estimate of drug-likeness (QED) is 0.261. The highest BCUT2D eigenvalue weighted by Gasteiger charge is 2.49. The second kappa shape index (κ2) is 13.0. The maximum Gasteiger partial charge on any atom is 0.408 e. The summed E-state index contributed by atoms with van der Waals surface area (Å²) >= 11 is 0. The average Bonchev–Trinajstić information content (AvgIpc) is 3.48. The van der Waals surface area contributed by atoms with Crippen LogP contribution in [0.2, 0.25) is 0 Å². The monoisotopic (exact) mass is 670 g/mol. The van der Waals surface area contributed by atoms with Crippen molar-refractivity contribution in [3.8, 4) is 29.6 Å². The minimum atomic E-state index is -0.928. The number of fused-ring (bicyclic) bond motifs is 3. The zero-order valence-corrected chi connectivity index (χ0v) is 28.0. The van der Waals surface area contributed by atoms with Gasteiger partial charge in [-0.15, -0.1) is 6.42 Å². The summed E-state index contributed by atoms with van der Waals surface area (Å²) in [6.45, 7) is 8.03. The maximum absolute atomic E-state index is 16.9. The van der Waals surface area contributed by atoms with Gasteiger partial charge in [0, 0.05) is 48.8 Å². The molecule has 0 spiro atoms. The molecule has 4 aromatic rings. The molecule has 2 aromatic heterocycles. The van der Waals surface area contributed by atoms with Gasteiger partial charge in [-0.2, -0.15) is 9.97 Å². The van der Waals surface area contributed by atoms with Gasteiger partial charge in [0.05, 0.1) is 30.2 Å². The van der Waals surface area contributed by atoms with Crippen LogP contribution in [0.5, 0.6) is 6.01 Å². The van der Waals surface area contributed by atoms with E-state index >= 15 is 4.39 Å². The molecule has 0 aliphatic carbocycles. The Kier molecular flexibility index (Phi) is 8.75. The number of pyridine rings is 1. The first-order chi connectivity index (χ1) is 23.5. The third-order valence-corrected chi connectivity index (χ3v) is 9.48. The van der Waals surface area contributed by atoms with Crippen molar-refractivity contribution in [1.29, 1.82) is 0 Å². The molecule has 7 rings (SSSR count). The molecule has 1 amide bonds. The smallest absolute Gasteiger partial charge is 0.408 e. The number of hydrogen-bond acceptors (Lipinski definition) is 9. The Labute approximate surface area is 284 Å². The van der Waals surface area contributed by atoms with Crippen LogP contribution in [0.3, 0.4) is 0 Å². The Morgan fingerprint density at radius 2 is 2.00 bits per heavy atom. The van der Waals surface area contributed by atoms with Crippen LogP contribution in [0.15, 0.2) is 42.6 Å². The van der Waals surface area contributed by atoms with Crippen LogP contribution in [0.25, 0.3) is 32.9 Å². The van der Waals surface area contributed by atoms with E-state index in [1.165, 1.54) is 0 Å².